The number of ketones is 2. The molecule has 7 rings (SSSR count). The lowest BCUT2D eigenvalue weighted by molar-refractivity contribution is -0.171. The van der Waals surface area contributed by atoms with Crippen molar-refractivity contribution in [3.63, 3.8) is 0 Å². The number of nitrogens with zero attached hydrogens (tertiary/aromatic N) is 8. The van der Waals surface area contributed by atoms with Gasteiger partial charge in [-0.3, -0.25) is 15.0 Å². The van der Waals surface area contributed by atoms with E-state index in [2.05, 4.69) is 30.1 Å². The van der Waals surface area contributed by atoms with Gasteiger partial charge in [0.2, 0.25) is 5.78 Å². The molecule has 2 aromatic carbocycles. The van der Waals surface area contributed by atoms with E-state index in [-0.39, 0.29) is 60.5 Å². The van der Waals surface area contributed by atoms with E-state index in [1.165, 1.54) is 47.3 Å². The number of carbonyl (C=O) groups excluding carboxylic acids is 2. The number of hydrogen-bond donors (Lipinski definition) is 2. The standard InChI is InChI=1S/C19H10F7N5.C14H12FN5.C5H5F3O2.CH4/c20-12-6-2-1-4-10(12)9-31-17-11(5-3-7-27-17)15(30-31)16-28-13(18(21,22)23)8-14(29-16)19(24,25)26;15-11-6-2-1-4-9(11)8-20-14-10(5-3-7-18-14)12(19-20)13(16)17;1-3(9)2-4(10)5(6,7)8;/h1-8H,9H2;1-7H,8H2,(H3,16,17);2H2,1H3;1H4. The second-order valence-electron chi connectivity index (χ2n) is 12.6. The van der Waals surface area contributed by atoms with Crippen LogP contribution in [0.3, 0.4) is 0 Å². The third-order valence-electron chi connectivity index (χ3n) is 8.07. The normalized spacial score (nSPS) is 11.5. The molecule has 0 radical (unpaired) electrons. The first kappa shape index (κ1) is 47.5. The number of benzene rings is 2. The first-order valence-electron chi connectivity index (χ1n) is 17.1. The zero-order valence-electron chi connectivity index (χ0n) is 30.9. The maximum atomic E-state index is 14.0. The Kier molecular flexibility index (Phi) is 14.6. The van der Waals surface area contributed by atoms with Crippen molar-refractivity contribution in [1.82, 2.24) is 39.5 Å². The van der Waals surface area contributed by atoms with Crippen molar-refractivity contribution in [3.05, 3.63) is 131 Å². The zero-order valence-corrected chi connectivity index (χ0v) is 30.9. The second-order valence-corrected chi connectivity index (χ2v) is 12.6. The summed E-state index contributed by atoms with van der Waals surface area (Å²) in [6.07, 6.45) is -13.2. The van der Waals surface area contributed by atoms with Crippen LogP contribution in [0.15, 0.2) is 91.3 Å². The molecule has 0 saturated carbocycles. The molecule has 0 aliphatic carbocycles. The predicted molar refractivity (Wildman–Crippen MR) is 201 cm³/mol. The van der Waals surface area contributed by atoms with Gasteiger partial charge in [-0.2, -0.15) is 49.7 Å². The number of nitrogens with two attached hydrogens (primary N) is 1. The van der Waals surface area contributed by atoms with Crippen LogP contribution in [0.25, 0.3) is 33.6 Å². The van der Waals surface area contributed by atoms with Crippen molar-refractivity contribution in [1.29, 1.82) is 5.41 Å². The van der Waals surface area contributed by atoms with E-state index in [0.29, 0.717) is 22.3 Å². The van der Waals surface area contributed by atoms with E-state index in [1.807, 2.05) is 0 Å². The SMILES string of the molecule is C.CC(=O)CC(=O)C(F)(F)F.Fc1ccccc1Cn1nc(-c2nc(C(F)(F)F)cc(C(F)(F)F)n2)c2cccnc21.N=C(N)c1nn(Cc2ccccc2F)c2ncccc12. The van der Waals surface area contributed by atoms with Gasteiger partial charge in [0, 0.05) is 23.5 Å². The topological polar surface area (TPSA) is 171 Å². The largest absolute Gasteiger partial charge is 0.450 e. The molecule has 12 nitrogen and oxygen atoms in total. The summed E-state index contributed by atoms with van der Waals surface area (Å²) in [4.78, 5) is 34.7. The van der Waals surface area contributed by atoms with Crippen LogP contribution >= 0.6 is 0 Å². The molecule has 0 atom stereocenters. The van der Waals surface area contributed by atoms with Gasteiger partial charge in [0.25, 0.3) is 0 Å². The highest BCUT2D eigenvalue weighted by atomic mass is 19.4. The average molecular weight is 881 g/mol. The molecule has 3 N–H and O–H groups in total. The first-order chi connectivity index (χ1) is 28.5. The number of amidine groups is 1. The highest BCUT2D eigenvalue weighted by Crippen LogP contribution is 2.36. The fourth-order valence-corrected chi connectivity index (χ4v) is 5.35. The monoisotopic (exact) mass is 880 g/mol. The molecular formula is C39H31F11N10O2. The number of Topliss-reactive ketones (excluding diaryl/α,β-unsaturated/α-hetero) is 2. The molecule has 0 aliphatic rings. The lowest BCUT2D eigenvalue weighted by Crippen LogP contribution is -2.24. The van der Waals surface area contributed by atoms with Gasteiger partial charge in [-0.25, -0.2) is 38.1 Å². The van der Waals surface area contributed by atoms with E-state index in [9.17, 15) is 57.9 Å². The number of nitrogen functional groups attached to an aromatic ring is 1. The van der Waals surface area contributed by atoms with Crippen molar-refractivity contribution in [3.8, 4) is 11.5 Å². The molecule has 0 bridgehead atoms. The summed E-state index contributed by atoms with van der Waals surface area (Å²) in [6, 6.07) is 18.4. The minimum absolute atomic E-state index is 0. The molecule has 0 amide bonds. The molecule has 0 aliphatic heterocycles. The summed E-state index contributed by atoms with van der Waals surface area (Å²) in [5, 5.41) is 16.7. The van der Waals surface area contributed by atoms with Crippen LogP contribution in [-0.4, -0.2) is 63.1 Å². The van der Waals surface area contributed by atoms with E-state index in [0.717, 1.165) is 6.92 Å². The summed E-state index contributed by atoms with van der Waals surface area (Å²) in [5.74, 6) is -4.61. The Morgan fingerprint density at radius 3 is 1.55 bits per heavy atom. The van der Waals surface area contributed by atoms with Crippen LogP contribution in [0.4, 0.5) is 48.3 Å². The molecule has 5 heterocycles. The molecule has 326 valence electrons. The van der Waals surface area contributed by atoms with Crippen LogP contribution in [0.5, 0.6) is 0 Å². The number of pyridine rings is 2. The molecule has 5 aromatic heterocycles. The maximum absolute atomic E-state index is 14.0. The summed E-state index contributed by atoms with van der Waals surface area (Å²) in [5.41, 5.74) is 3.45. The van der Waals surface area contributed by atoms with Gasteiger partial charge in [0.05, 0.1) is 30.3 Å². The second kappa shape index (κ2) is 19.0. The van der Waals surface area contributed by atoms with E-state index < -0.39 is 59.5 Å². The van der Waals surface area contributed by atoms with E-state index in [4.69, 9.17) is 11.1 Å². The minimum Gasteiger partial charge on any atom is -0.382 e. The van der Waals surface area contributed by atoms with E-state index in [1.54, 1.807) is 47.3 Å². The number of fused-ring (bicyclic) bond motifs is 2. The maximum Gasteiger partial charge on any atom is 0.450 e. The highest BCUT2D eigenvalue weighted by molar-refractivity contribution is 6.04. The Morgan fingerprint density at radius 1 is 0.677 bits per heavy atom. The van der Waals surface area contributed by atoms with Crippen LogP contribution in [0.1, 0.15) is 49.0 Å². The van der Waals surface area contributed by atoms with Crippen molar-refractivity contribution in [2.45, 2.75) is 52.4 Å². The smallest absolute Gasteiger partial charge is 0.382 e. The van der Waals surface area contributed by atoms with Gasteiger partial charge >= 0.3 is 18.5 Å². The first-order valence-corrected chi connectivity index (χ1v) is 17.1. The number of halogens is 11. The Labute approximate surface area is 342 Å². The fourth-order valence-electron chi connectivity index (χ4n) is 5.35. The quantitative estimate of drug-likeness (QED) is 0.0656. The van der Waals surface area contributed by atoms with Crippen LogP contribution in [0, 0.1) is 17.0 Å². The average Bonchev–Trinajstić information content (AvgIpc) is 3.74. The zero-order chi connectivity index (χ0) is 44.9. The molecule has 0 unspecified atom stereocenters. The van der Waals surface area contributed by atoms with Gasteiger partial charge in [0.1, 0.15) is 46.0 Å². The summed E-state index contributed by atoms with van der Waals surface area (Å²) in [7, 11) is 0. The predicted octanol–water partition coefficient (Wildman–Crippen LogP) is 8.75. The number of nitrogens with one attached hydrogen (secondary N) is 1. The number of rotatable bonds is 8. The summed E-state index contributed by atoms with van der Waals surface area (Å²) in [6.45, 7) is 1.02. The van der Waals surface area contributed by atoms with Crippen molar-refractivity contribution in [2.24, 2.45) is 5.73 Å². The summed E-state index contributed by atoms with van der Waals surface area (Å²) < 4.78 is 143. The fraction of sp³-hybridized carbons (Fsp3) is 0.205. The Bertz CT molecular complexity index is 2690. The van der Waals surface area contributed by atoms with Gasteiger partial charge in [-0.1, -0.05) is 43.8 Å². The molecule has 0 spiro atoms. The Morgan fingerprint density at radius 2 is 1.13 bits per heavy atom. The van der Waals surface area contributed by atoms with Gasteiger partial charge in [-0.15, -0.1) is 0 Å². The lowest BCUT2D eigenvalue weighted by Gasteiger charge is -2.11. The highest BCUT2D eigenvalue weighted by Gasteiger charge is 2.40. The van der Waals surface area contributed by atoms with Gasteiger partial charge < -0.3 is 5.73 Å². The number of hydrogen-bond acceptors (Lipinski definition) is 9. The van der Waals surface area contributed by atoms with Crippen molar-refractivity contribution < 1.29 is 57.9 Å². The number of aromatic nitrogens is 8. The molecule has 0 fully saturated rings. The van der Waals surface area contributed by atoms with Crippen LogP contribution in [-0.2, 0) is 35.0 Å². The third kappa shape index (κ3) is 11.5. The van der Waals surface area contributed by atoms with Gasteiger partial charge in [0.15, 0.2) is 17.1 Å². The van der Waals surface area contributed by atoms with Crippen LogP contribution < -0.4 is 5.73 Å². The number of alkyl halides is 9. The summed E-state index contributed by atoms with van der Waals surface area (Å²) >= 11 is 0. The van der Waals surface area contributed by atoms with Crippen LogP contribution in [0.2, 0.25) is 0 Å². The molecule has 7 aromatic rings. The number of carbonyl (C=O) groups is 2. The molecule has 62 heavy (non-hydrogen) atoms. The van der Waals surface area contributed by atoms with E-state index >= 15 is 0 Å². The molecule has 0 saturated heterocycles. The molecule has 23 heteroatoms. The molecular weight excluding hydrogens is 849 g/mol. The van der Waals surface area contributed by atoms with Gasteiger partial charge in [-0.05, 0) is 49.4 Å². The Balaban J connectivity index is 0.000000233. The Hall–Kier alpha value is -7.20. The minimum atomic E-state index is -5.14. The van der Waals surface area contributed by atoms with Crippen molar-refractivity contribution >= 4 is 39.5 Å². The third-order valence-corrected chi connectivity index (χ3v) is 8.07. The lowest BCUT2D eigenvalue weighted by atomic mass is 10.2. The van der Waals surface area contributed by atoms with Crippen molar-refractivity contribution in [2.75, 3.05) is 0 Å².